The summed E-state index contributed by atoms with van der Waals surface area (Å²) in [7, 11) is 0. The van der Waals surface area contributed by atoms with Gasteiger partial charge < -0.3 is 15.4 Å². The Kier molecular flexibility index (Phi) is 6.32. The Labute approximate surface area is 170 Å². The molecule has 3 rings (SSSR count). The van der Waals surface area contributed by atoms with Crippen molar-refractivity contribution in [3.8, 4) is 0 Å². The number of anilines is 1. The van der Waals surface area contributed by atoms with E-state index in [2.05, 4.69) is 10.6 Å². The minimum atomic E-state index is -0.817. The molecule has 1 fully saturated rings. The van der Waals surface area contributed by atoms with Gasteiger partial charge in [0.1, 0.15) is 0 Å². The van der Waals surface area contributed by atoms with Gasteiger partial charge in [-0.05, 0) is 31.0 Å². The molecule has 0 aromatic heterocycles. The summed E-state index contributed by atoms with van der Waals surface area (Å²) in [5, 5.41) is 27.2. The molecule has 30 heavy (non-hydrogen) atoms. The van der Waals surface area contributed by atoms with Crippen LogP contribution in [0, 0.1) is 20.2 Å². The van der Waals surface area contributed by atoms with Crippen LogP contribution in [-0.4, -0.2) is 40.9 Å². The molecular formula is C19H18N4O7. The number of amides is 2. The molecule has 0 aliphatic carbocycles. The molecular weight excluding hydrogens is 396 g/mol. The Morgan fingerprint density at radius 3 is 2.30 bits per heavy atom. The second kappa shape index (κ2) is 9.09. The first-order valence-electron chi connectivity index (χ1n) is 9.08. The molecule has 1 aliphatic heterocycles. The highest BCUT2D eigenvalue weighted by Crippen LogP contribution is 2.23. The highest BCUT2D eigenvalue weighted by Gasteiger charge is 2.20. The Bertz CT molecular complexity index is 970. The smallest absolute Gasteiger partial charge is 0.277 e. The number of carbonyl (C=O) groups is 2. The van der Waals surface area contributed by atoms with Gasteiger partial charge in [-0.3, -0.25) is 29.8 Å². The molecule has 0 radical (unpaired) electrons. The van der Waals surface area contributed by atoms with Crippen LogP contribution in [-0.2, 0) is 4.74 Å². The summed E-state index contributed by atoms with van der Waals surface area (Å²) >= 11 is 0. The average molecular weight is 414 g/mol. The minimum Gasteiger partial charge on any atom is -0.376 e. The molecule has 2 amide bonds. The Morgan fingerprint density at radius 2 is 1.70 bits per heavy atom. The lowest BCUT2D eigenvalue weighted by atomic mass is 10.1. The molecule has 0 spiro atoms. The van der Waals surface area contributed by atoms with Gasteiger partial charge in [-0.15, -0.1) is 0 Å². The summed E-state index contributed by atoms with van der Waals surface area (Å²) in [6.45, 7) is 1.06. The zero-order valence-electron chi connectivity index (χ0n) is 15.7. The van der Waals surface area contributed by atoms with E-state index in [1.165, 1.54) is 12.1 Å². The maximum Gasteiger partial charge on any atom is 0.277 e. The zero-order chi connectivity index (χ0) is 21.7. The molecule has 11 nitrogen and oxygen atoms in total. The molecule has 1 unspecified atom stereocenters. The van der Waals surface area contributed by atoms with E-state index >= 15 is 0 Å². The average Bonchev–Trinajstić information content (AvgIpc) is 3.25. The van der Waals surface area contributed by atoms with Gasteiger partial charge in [0.25, 0.3) is 23.2 Å². The fourth-order valence-electron chi connectivity index (χ4n) is 2.99. The topological polar surface area (TPSA) is 154 Å². The largest absolute Gasteiger partial charge is 0.376 e. The number of nitrogens with one attached hydrogen (secondary N) is 2. The quantitative estimate of drug-likeness (QED) is 0.521. The molecule has 1 heterocycles. The van der Waals surface area contributed by atoms with Gasteiger partial charge >= 0.3 is 0 Å². The van der Waals surface area contributed by atoms with Crippen LogP contribution < -0.4 is 10.6 Å². The molecule has 11 heteroatoms. The second-order valence-corrected chi connectivity index (χ2v) is 6.63. The van der Waals surface area contributed by atoms with Crippen molar-refractivity contribution in [2.45, 2.75) is 18.9 Å². The third kappa shape index (κ3) is 5.14. The monoisotopic (exact) mass is 414 g/mol. The van der Waals surface area contributed by atoms with Crippen molar-refractivity contribution in [1.29, 1.82) is 0 Å². The number of hydrogen-bond acceptors (Lipinski definition) is 7. The van der Waals surface area contributed by atoms with Crippen LogP contribution in [0.1, 0.15) is 33.6 Å². The molecule has 0 saturated carbocycles. The normalized spacial score (nSPS) is 15.4. The number of carbonyl (C=O) groups excluding carboxylic acids is 2. The molecule has 1 aliphatic rings. The number of nitro benzene ring substituents is 2. The molecule has 2 aromatic carbocycles. The van der Waals surface area contributed by atoms with Gasteiger partial charge in [0, 0.05) is 36.5 Å². The second-order valence-electron chi connectivity index (χ2n) is 6.63. The number of ether oxygens (including phenoxy) is 1. The predicted octanol–water partition coefficient (Wildman–Crippen LogP) is 2.66. The summed E-state index contributed by atoms with van der Waals surface area (Å²) in [6, 6.07) is 8.76. The summed E-state index contributed by atoms with van der Waals surface area (Å²) in [4.78, 5) is 45.1. The predicted molar refractivity (Wildman–Crippen MR) is 105 cm³/mol. The maximum absolute atomic E-state index is 12.5. The van der Waals surface area contributed by atoms with E-state index in [9.17, 15) is 29.8 Å². The van der Waals surface area contributed by atoms with E-state index in [1.54, 1.807) is 12.1 Å². The highest BCUT2D eigenvalue weighted by atomic mass is 16.6. The lowest BCUT2D eigenvalue weighted by Crippen LogP contribution is -2.31. The standard InChI is InChI=1S/C19H18N4O7/c24-18(20-11-17-5-2-6-30-17)12-3-1-4-14(7-12)21-19(25)13-8-15(22(26)27)10-16(9-13)23(28)29/h1,3-4,7-10,17H,2,5-6,11H2,(H,20,24)(H,21,25). The van der Waals surface area contributed by atoms with Crippen molar-refractivity contribution in [3.05, 3.63) is 73.8 Å². The maximum atomic E-state index is 12.5. The van der Waals surface area contributed by atoms with Crippen molar-refractivity contribution < 1.29 is 24.2 Å². The fourth-order valence-corrected chi connectivity index (χ4v) is 2.99. The zero-order valence-corrected chi connectivity index (χ0v) is 15.7. The van der Waals surface area contributed by atoms with Crippen LogP contribution in [0.5, 0.6) is 0 Å². The van der Waals surface area contributed by atoms with E-state index in [0.29, 0.717) is 18.7 Å². The molecule has 0 bridgehead atoms. The molecule has 1 saturated heterocycles. The van der Waals surface area contributed by atoms with E-state index in [0.717, 1.165) is 31.0 Å². The Morgan fingerprint density at radius 1 is 1.00 bits per heavy atom. The first-order chi connectivity index (χ1) is 14.3. The van der Waals surface area contributed by atoms with Crippen LogP contribution >= 0.6 is 0 Å². The molecule has 156 valence electrons. The number of nitrogens with zero attached hydrogens (tertiary/aromatic N) is 2. The lowest BCUT2D eigenvalue weighted by Gasteiger charge is -2.11. The highest BCUT2D eigenvalue weighted by molar-refractivity contribution is 6.06. The van der Waals surface area contributed by atoms with Crippen molar-refractivity contribution in [3.63, 3.8) is 0 Å². The minimum absolute atomic E-state index is 0.0125. The number of benzene rings is 2. The van der Waals surface area contributed by atoms with Crippen molar-refractivity contribution in [1.82, 2.24) is 5.32 Å². The van der Waals surface area contributed by atoms with Crippen LogP contribution in [0.2, 0.25) is 0 Å². The van der Waals surface area contributed by atoms with E-state index in [-0.39, 0.29) is 23.3 Å². The van der Waals surface area contributed by atoms with Gasteiger partial charge in [-0.1, -0.05) is 6.07 Å². The molecule has 2 aromatic rings. The molecule has 1 atom stereocenters. The molecule has 2 N–H and O–H groups in total. The Hall–Kier alpha value is -3.86. The lowest BCUT2D eigenvalue weighted by molar-refractivity contribution is -0.394. The third-order valence-corrected chi connectivity index (χ3v) is 4.48. The van der Waals surface area contributed by atoms with Crippen molar-refractivity contribution in [2.75, 3.05) is 18.5 Å². The number of rotatable bonds is 7. The van der Waals surface area contributed by atoms with Gasteiger partial charge in [0.05, 0.1) is 27.6 Å². The van der Waals surface area contributed by atoms with Gasteiger partial charge in [0.15, 0.2) is 0 Å². The summed E-state index contributed by atoms with van der Waals surface area (Å²) < 4.78 is 5.45. The Balaban J connectivity index is 1.72. The van der Waals surface area contributed by atoms with Gasteiger partial charge in [-0.25, -0.2) is 0 Å². The van der Waals surface area contributed by atoms with E-state index < -0.39 is 27.1 Å². The van der Waals surface area contributed by atoms with E-state index in [1.807, 2.05) is 0 Å². The van der Waals surface area contributed by atoms with Crippen LogP contribution in [0.25, 0.3) is 0 Å². The summed E-state index contributed by atoms with van der Waals surface area (Å²) in [5.41, 5.74) is -0.827. The van der Waals surface area contributed by atoms with Gasteiger partial charge in [-0.2, -0.15) is 0 Å². The number of nitro groups is 2. The van der Waals surface area contributed by atoms with Crippen molar-refractivity contribution in [2.24, 2.45) is 0 Å². The van der Waals surface area contributed by atoms with Gasteiger partial charge in [0.2, 0.25) is 0 Å². The first-order valence-corrected chi connectivity index (χ1v) is 9.08. The number of non-ortho nitro benzene ring substituents is 2. The van der Waals surface area contributed by atoms with E-state index in [4.69, 9.17) is 4.74 Å². The SMILES string of the molecule is O=C(NCC1CCCO1)c1cccc(NC(=O)c2cc([N+](=O)[O-])cc([N+](=O)[O-])c2)c1. The fraction of sp³-hybridized carbons (Fsp3) is 0.263. The summed E-state index contributed by atoms with van der Waals surface area (Å²) in [5.74, 6) is -1.12. The van der Waals surface area contributed by atoms with Crippen LogP contribution in [0.3, 0.4) is 0 Å². The van der Waals surface area contributed by atoms with Crippen molar-refractivity contribution >= 4 is 28.9 Å². The van der Waals surface area contributed by atoms with Crippen LogP contribution in [0.15, 0.2) is 42.5 Å². The first kappa shape index (κ1) is 20.9. The third-order valence-electron chi connectivity index (χ3n) is 4.48. The summed E-state index contributed by atoms with van der Waals surface area (Å²) in [6.07, 6.45) is 1.82. The number of hydrogen-bond donors (Lipinski definition) is 2. The van der Waals surface area contributed by atoms with Crippen LogP contribution in [0.4, 0.5) is 17.1 Å².